The van der Waals surface area contributed by atoms with Gasteiger partial charge in [0, 0.05) is 11.1 Å². The number of nitrogens with one attached hydrogen (secondary N) is 1. The van der Waals surface area contributed by atoms with Gasteiger partial charge in [-0.1, -0.05) is 6.07 Å². The van der Waals surface area contributed by atoms with E-state index in [1.165, 1.54) is 11.2 Å². The first-order valence-electron chi connectivity index (χ1n) is 7.35. The second-order valence-corrected chi connectivity index (χ2v) is 6.50. The Morgan fingerprint density at radius 1 is 1.39 bits per heavy atom. The molecule has 1 N–H and O–H groups in total. The zero-order valence-electron chi connectivity index (χ0n) is 12.5. The Hall–Kier alpha value is -2.61. The van der Waals surface area contributed by atoms with E-state index in [2.05, 4.69) is 25.8 Å². The summed E-state index contributed by atoms with van der Waals surface area (Å²) in [5.74, 6) is 0.426. The highest BCUT2D eigenvalue weighted by atomic mass is 32.1. The van der Waals surface area contributed by atoms with Crippen molar-refractivity contribution < 1.29 is 4.79 Å². The molecular formula is C15H14N6OS. The summed E-state index contributed by atoms with van der Waals surface area (Å²) < 4.78 is 1.56. The number of thiophene rings is 1. The van der Waals surface area contributed by atoms with Gasteiger partial charge in [0.25, 0.3) is 5.91 Å². The lowest BCUT2D eigenvalue weighted by Gasteiger charge is -2.09. The van der Waals surface area contributed by atoms with Crippen molar-refractivity contribution >= 4 is 23.1 Å². The third-order valence-corrected chi connectivity index (χ3v) is 5.21. The molecular weight excluding hydrogens is 312 g/mol. The van der Waals surface area contributed by atoms with Gasteiger partial charge in [0.05, 0.1) is 5.56 Å². The molecule has 0 aliphatic heterocycles. The van der Waals surface area contributed by atoms with Gasteiger partial charge in [-0.15, -0.1) is 16.4 Å². The van der Waals surface area contributed by atoms with E-state index in [1.54, 1.807) is 22.2 Å². The van der Waals surface area contributed by atoms with Gasteiger partial charge in [-0.25, -0.2) is 4.98 Å². The maximum atomic E-state index is 12.9. The normalized spacial score (nSPS) is 13.1. The summed E-state index contributed by atoms with van der Waals surface area (Å²) in [7, 11) is 0. The minimum absolute atomic E-state index is 0.156. The number of carbonyl (C=O) groups excluding carboxylic acids is 1. The quantitative estimate of drug-likeness (QED) is 0.797. The van der Waals surface area contributed by atoms with Crippen LogP contribution in [0.15, 0.2) is 24.7 Å². The number of anilines is 1. The van der Waals surface area contributed by atoms with E-state index in [0.717, 1.165) is 35.4 Å². The maximum absolute atomic E-state index is 12.9. The van der Waals surface area contributed by atoms with Crippen molar-refractivity contribution in [1.82, 2.24) is 25.2 Å². The van der Waals surface area contributed by atoms with E-state index in [1.807, 2.05) is 19.1 Å². The highest BCUT2D eigenvalue weighted by Gasteiger charge is 2.28. The van der Waals surface area contributed by atoms with E-state index >= 15 is 0 Å². The molecule has 0 atom stereocenters. The number of amides is 1. The highest BCUT2D eigenvalue weighted by Crippen LogP contribution is 2.37. The van der Waals surface area contributed by atoms with E-state index < -0.39 is 0 Å². The first-order valence-corrected chi connectivity index (χ1v) is 8.16. The van der Waals surface area contributed by atoms with Crippen molar-refractivity contribution in [2.75, 3.05) is 5.32 Å². The molecule has 3 heterocycles. The third kappa shape index (κ3) is 2.40. The van der Waals surface area contributed by atoms with Crippen LogP contribution in [0, 0.1) is 6.92 Å². The molecule has 0 unspecified atom stereocenters. The highest BCUT2D eigenvalue weighted by molar-refractivity contribution is 7.15. The molecule has 0 fully saturated rings. The van der Waals surface area contributed by atoms with Crippen molar-refractivity contribution in [2.45, 2.75) is 26.2 Å². The molecule has 4 rings (SSSR count). The Morgan fingerprint density at radius 2 is 2.30 bits per heavy atom. The average Bonchev–Trinajstić information content (AvgIpc) is 3.24. The fourth-order valence-electron chi connectivity index (χ4n) is 2.83. The summed E-state index contributed by atoms with van der Waals surface area (Å²) in [5, 5.41) is 15.0. The molecule has 3 aromatic heterocycles. The second kappa shape index (κ2) is 5.54. The summed E-state index contributed by atoms with van der Waals surface area (Å²) in [4.78, 5) is 18.4. The van der Waals surface area contributed by atoms with Crippen LogP contribution in [0.2, 0.25) is 0 Å². The summed E-state index contributed by atoms with van der Waals surface area (Å²) in [6.45, 7) is 1.92. The van der Waals surface area contributed by atoms with Gasteiger partial charge < -0.3 is 5.32 Å². The first kappa shape index (κ1) is 14.0. The minimum atomic E-state index is -0.156. The third-order valence-electron chi connectivity index (χ3n) is 3.93. The van der Waals surface area contributed by atoms with Crippen LogP contribution in [0.25, 0.3) is 5.00 Å². The maximum Gasteiger partial charge on any atom is 0.260 e. The molecule has 7 nitrogen and oxygen atoms in total. The predicted molar refractivity (Wildman–Crippen MR) is 86.0 cm³/mol. The fourth-order valence-corrected chi connectivity index (χ4v) is 4.13. The molecule has 0 bridgehead atoms. The zero-order chi connectivity index (χ0) is 15.8. The largest absolute Gasteiger partial charge is 0.306 e. The van der Waals surface area contributed by atoms with E-state index in [0.29, 0.717) is 11.4 Å². The summed E-state index contributed by atoms with van der Waals surface area (Å²) in [5.41, 5.74) is 2.71. The van der Waals surface area contributed by atoms with Crippen LogP contribution in [0.1, 0.15) is 32.8 Å². The Kier molecular flexibility index (Phi) is 3.38. The predicted octanol–water partition coefficient (Wildman–Crippen LogP) is 2.17. The Labute approximate surface area is 136 Å². The smallest absolute Gasteiger partial charge is 0.260 e. The summed E-state index contributed by atoms with van der Waals surface area (Å²) >= 11 is 1.59. The van der Waals surface area contributed by atoms with Gasteiger partial charge in [-0.3, -0.25) is 4.79 Å². The summed E-state index contributed by atoms with van der Waals surface area (Å²) in [6.07, 6.45) is 6.19. The molecule has 0 saturated carbocycles. The van der Waals surface area contributed by atoms with E-state index in [4.69, 9.17) is 0 Å². The number of pyridine rings is 1. The van der Waals surface area contributed by atoms with Gasteiger partial charge in [0.15, 0.2) is 0 Å². The van der Waals surface area contributed by atoms with Crippen molar-refractivity contribution in [2.24, 2.45) is 0 Å². The average molecular weight is 326 g/mol. The van der Waals surface area contributed by atoms with Crippen LogP contribution < -0.4 is 5.32 Å². The van der Waals surface area contributed by atoms with Crippen molar-refractivity contribution in [3.8, 4) is 5.00 Å². The van der Waals surface area contributed by atoms with Gasteiger partial charge in [-0.05, 0) is 53.8 Å². The van der Waals surface area contributed by atoms with Crippen LogP contribution in [0.5, 0.6) is 0 Å². The van der Waals surface area contributed by atoms with Crippen LogP contribution in [0.3, 0.4) is 0 Å². The number of tetrazole rings is 1. The zero-order valence-corrected chi connectivity index (χ0v) is 13.3. The standard InChI is InChI=1S/C15H14N6OS/c1-9-4-3-7-16-13(9)18-14(22)12-10-5-2-6-11(10)23-15(12)21-8-17-19-20-21/h3-4,7-8H,2,5-6H2,1H3,(H,16,18,22). The van der Waals surface area contributed by atoms with Crippen LogP contribution >= 0.6 is 11.3 Å². The second-order valence-electron chi connectivity index (χ2n) is 5.41. The number of aromatic nitrogens is 5. The minimum Gasteiger partial charge on any atom is -0.306 e. The van der Waals surface area contributed by atoms with Crippen molar-refractivity contribution in [1.29, 1.82) is 0 Å². The molecule has 0 spiro atoms. The number of fused-ring (bicyclic) bond motifs is 1. The fraction of sp³-hybridized carbons (Fsp3) is 0.267. The van der Waals surface area contributed by atoms with Crippen LogP contribution in [0.4, 0.5) is 5.82 Å². The molecule has 0 radical (unpaired) electrons. The van der Waals surface area contributed by atoms with E-state index in [-0.39, 0.29) is 5.91 Å². The molecule has 1 aliphatic carbocycles. The topological polar surface area (TPSA) is 85.6 Å². The van der Waals surface area contributed by atoms with E-state index in [9.17, 15) is 4.79 Å². The van der Waals surface area contributed by atoms with Crippen molar-refractivity contribution in [3.63, 3.8) is 0 Å². The van der Waals surface area contributed by atoms with Gasteiger partial charge >= 0.3 is 0 Å². The number of aryl methyl sites for hydroxylation is 2. The van der Waals surface area contributed by atoms with Crippen LogP contribution in [-0.4, -0.2) is 31.1 Å². The molecule has 3 aromatic rings. The molecule has 23 heavy (non-hydrogen) atoms. The lowest BCUT2D eigenvalue weighted by Crippen LogP contribution is -2.17. The Balaban J connectivity index is 1.76. The monoisotopic (exact) mass is 326 g/mol. The van der Waals surface area contributed by atoms with Gasteiger partial charge in [0.2, 0.25) is 0 Å². The Morgan fingerprint density at radius 3 is 3.09 bits per heavy atom. The Bertz CT molecular complexity index is 870. The number of hydrogen-bond acceptors (Lipinski definition) is 6. The van der Waals surface area contributed by atoms with Crippen LogP contribution in [-0.2, 0) is 12.8 Å². The first-order chi connectivity index (χ1) is 11.2. The molecule has 0 saturated heterocycles. The van der Waals surface area contributed by atoms with Crippen molar-refractivity contribution in [3.05, 3.63) is 46.2 Å². The molecule has 1 amide bonds. The molecule has 1 aliphatic rings. The van der Waals surface area contributed by atoms with Gasteiger partial charge in [0.1, 0.15) is 17.1 Å². The number of rotatable bonds is 3. The summed E-state index contributed by atoms with van der Waals surface area (Å²) in [6, 6.07) is 3.77. The molecule has 0 aromatic carbocycles. The lowest BCUT2D eigenvalue weighted by molar-refractivity contribution is 0.102. The molecule has 8 heteroatoms. The SMILES string of the molecule is Cc1cccnc1NC(=O)c1c(-n2cnnn2)sc2c1CCC2. The number of hydrogen-bond donors (Lipinski definition) is 1. The number of nitrogens with zero attached hydrogens (tertiary/aromatic N) is 5. The lowest BCUT2D eigenvalue weighted by atomic mass is 10.1. The molecule has 116 valence electrons. The number of carbonyl (C=O) groups is 1. The van der Waals surface area contributed by atoms with Gasteiger partial charge in [-0.2, -0.15) is 4.68 Å².